The molecule has 33 nitrogen and oxygen atoms in total. The largest absolute Gasteiger partial charge is 0.489 e. The Kier molecular flexibility index (Phi) is 43.3. The van der Waals surface area contributed by atoms with Crippen molar-refractivity contribution in [2.24, 2.45) is 16.6 Å². The fourth-order valence-corrected chi connectivity index (χ4v) is 16.8. The van der Waals surface area contributed by atoms with Gasteiger partial charge in [-0.3, -0.25) is 38.4 Å². The van der Waals surface area contributed by atoms with Crippen molar-refractivity contribution in [2.75, 3.05) is 115 Å². The number of anilines is 6. The number of rotatable bonds is 43. The highest BCUT2D eigenvalue weighted by Crippen LogP contribution is 2.39. The fraction of sp³-hybridized carbons (Fsp3) is 0.420. The number of nitrogens with zero attached hydrogens (tertiary/aromatic N) is 10. The molecule has 10 aromatic rings. The van der Waals surface area contributed by atoms with Gasteiger partial charge in [0.25, 0.3) is 0 Å². The number of aliphatic hydroxyl groups excluding tert-OH is 2. The van der Waals surface area contributed by atoms with Gasteiger partial charge in [-0.2, -0.15) is 0 Å². The SMILES string of the molecule is CN(C)C/C=C/C(=O)Nc1cc2c(Nc3ccc(F)c(Cl)c3)ncnc2cc1OCCOCCCCCC(=O)O.Cc1ncsc1-c1ccc(CNC(=O)[C@@H]2C[C@@H](O)CN2C(=O)[C@@H](N)C(C)(C)C)cc1.Cc1ncsc1-c1ccc(CNC(=O)[C@@H]2C[C@@H](O)CN2C(=O)[C@@H](NC(=O)CCCCCOCCOc2cc3ncnc(Nc4ccc(F)c(Cl)c4)c3cc2NC(=O)/C=C/CN(C)C)C(C)(C)C)cc1.Cl. The molecular formula is C100H125Cl3F2N18O15S2. The fourth-order valence-electron chi connectivity index (χ4n) is 14.8. The number of ether oxygens (including phenoxy) is 4. The average molecular weight is 2030 g/mol. The van der Waals surface area contributed by atoms with E-state index in [9.17, 15) is 57.4 Å². The van der Waals surface area contributed by atoms with E-state index in [-0.39, 0.29) is 123 Å². The lowest BCUT2D eigenvalue weighted by atomic mass is 9.85. The van der Waals surface area contributed by atoms with E-state index in [1.165, 1.54) is 71.0 Å². The van der Waals surface area contributed by atoms with Crippen molar-refractivity contribution < 1.29 is 81.4 Å². The van der Waals surface area contributed by atoms with Crippen molar-refractivity contribution in [3.63, 3.8) is 0 Å². The number of likely N-dealkylation sites (N-methyl/N-ethyl adjacent to an activating group) is 2. The minimum Gasteiger partial charge on any atom is -0.489 e. The molecule has 752 valence electrons. The first kappa shape index (κ1) is 112. The normalized spacial score (nSPS) is 15.2. The van der Waals surface area contributed by atoms with E-state index in [1.54, 1.807) is 59.1 Å². The van der Waals surface area contributed by atoms with Crippen molar-refractivity contribution in [2.45, 2.75) is 169 Å². The van der Waals surface area contributed by atoms with E-state index in [1.807, 2.05) is 153 Å². The number of nitrogens with one attached hydrogen (secondary N) is 7. The number of aliphatic carboxylic acids is 1. The zero-order valence-electron chi connectivity index (χ0n) is 80.6. The van der Waals surface area contributed by atoms with Gasteiger partial charge in [0.05, 0.1) is 96.1 Å². The number of carboxylic acid groups (broad SMARTS) is 1. The number of amides is 7. The lowest BCUT2D eigenvalue weighted by Crippen LogP contribution is -2.57. The number of carbonyl (C=O) groups excluding carboxylic acids is 7. The Balaban J connectivity index is 0.000000259. The second-order valence-electron chi connectivity index (χ2n) is 36.3. The van der Waals surface area contributed by atoms with Crippen LogP contribution in [-0.2, 0) is 60.9 Å². The maximum Gasteiger partial charge on any atom is 0.303 e. The molecule has 0 spiro atoms. The maximum absolute atomic E-state index is 14.1. The Morgan fingerprint density at radius 2 is 0.964 bits per heavy atom. The summed E-state index contributed by atoms with van der Waals surface area (Å²) in [6.07, 6.45) is 12.3. The third-order valence-corrected chi connectivity index (χ3v) is 24.9. The number of nitrogens with two attached hydrogens (primary N) is 1. The first-order valence-corrected chi connectivity index (χ1v) is 48.2. The predicted molar refractivity (Wildman–Crippen MR) is 545 cm³/mol. The van der Waals surface area contributed by atoms with E-state index in [0.29, 0.717) is 133 Å². The van der Waals surface area contributed by atoms with E-state index in [4.69, 9.17) is 53.0 Å². The number of aromatic nitrogens is 6. The summed E-state index contributed by atoms with van der Waals surface area (Å²) in [6.45, 7) is 18.9. The molecule has 2 aliphatic rings. The topological polar surface area (TPSA) is 435 Å². The van der Waals surface area contributed by atoms with Crippen molar-refractivity contribution >= 4 is 162 Å². The predicted octanol–water partition coefficient (Wildman–Crippen LogP) is 15.2. The molecule has 2 aliphatic heterocycles. The number of carboxylic acids is 1. The molecule has 6 aromatic carbocycles. The molecule has 4 aromatic heterocycles. The smallest absolute Gasteiger partial charge is 0.303 e. The van der Waals surface area contributed by atoms with E-state index >= 15 is 0 Å². The van der Waals surface area contributed by atoms with Gasteiger partial charge < -0.3 is 96.8 Å². The van der Waals surface area contributed by atoms with Crippen molar-refractivity contribution in [1.82, 2.24) is 65.5 Å². The molecule has 2 fully saturated rings. The number of aryl methyl sites for hydroxylation is 2. The molecule has 12 rings (SSSR count). The summed E-state index contributed by atoms with van der Waals surface area (Å²) in [7, 11) is 7.59. The van der Waals surface area contributed by atoms with Crippen LogP contribution in [0.3, 0.4) is 0 Å². The van der Waals surface area contributed by atoms with E-state index in [2.05, 4.69) is 67.1 Å². The van der Waals surface area contributed by atoms with Crippen LogP contribution in [0.25, 0.3) is 42.7 Å². The third kappa shape index (κ3) is 34.3. The zero-order chi connectivity index (χ0) is 101. The van der Waals surface area contributed by atoms with Gasteiger partial charge >= 0.3 is 5.97 Å². The number of unbranched alkanes of at least 4 members (excludes halogenated alkanes) is 4. The number of thiazole rings is 2. The number of hydrogen-bond donors (Lipinski definition) is 11. The summed E-state index contributed by atoms with van der Waals surface area (Å²) in [5, 5.41) is 51.2. The Labute approximate surface area is 838 Å². The third-order valence-electron chi connectivity index (χ3n) is 22.4. The van der Waals surface area contributed by atoms with Gasteiger partial charge in [-0.1, -0.05) is 138 Å². The Bertz CT molecular complexity index is 5910. The number of β-amino-alcohol motifs (C(OH)–C–C–N with tert-alkyl or cyclic N) is 2. The number of halogens is 5. The molecule has 40 heteroatoms. The minimum atomic E-state index is -0.917. The maximum atomic E-state index is 14.1. The molecule has 6 heterocycles. The van der Waals surface area contributed by atoms with Crippen molar-refractivity contribution in [1.29, 1.82) is 0 Å². The van der Waals surface area contributed by atoms with Crippen LogP contribution in [0.4, 0.5) is 43.2 Å². The number of aliphatic hydroxyl groups is 2. The van der Waals surface area contributed by atoms with Gasteiger partial charge in [0, 0.05) is 125 Å². The molecule has 12 N–H and O–H groups in total. The monoisotopic (exact) mass is 2020 g/mol. The lowest BCUT2D eigenvalue weighted by molar-refractivity contribution is -0.144. The highest BCUT2D eigenvalue weighted by molar-refractivity contribution is 7.13. The second-order valence-corrected chi connectivity index (χ2v) is 38.8. The second kappa shape index (κ2) is 54.2. The molecule has 0 unspecified atom stereocenters. The van der Waals surface area contributed by atoms with Gasteiger partial charge in [0.15, 0.2) is 0 Å². The Morgan fingerprint density at radius 1 is 0.543 bits per heavy atom. The highest BCUT2D eigenvalue weighted by Gasteiger charge is 2.46. The summed E-state index contributed by atoms with van der Waals surface area (Å²) in [5.74, 6) is -2.59. The first-order chi connectivity index (χ1) is 66.3. The van der Waals surface area contributed by atoms with E-state index < -0.39 is 70.7 Å². The number of fused-ring (bicyclic) bond motifs is 2. The van der Waals surface area contributed by atoms with Crippen molar-refractivity contribution in [3.05, 3.63) is 201 Å². The number of carbonyl (C=O) groups is 8. The minimum absolute atomic E-state index is 0. The van der Waals surface area contributed by atoms with Gasteiger partial charge in [-0.05, 0) is 149 Å². The van der Waals surface area contributed by atoms with Crippen LogP contribution >= 0.6 is 58.3 Å². The number of likely N-dealkylation sites (tertiary alicyclic amines) is 2. The highest BCUT2D eigenvalue weighted by atomic mass is 35.5. The average Bonchev–Trinajstić information content (AvgIpc) is 1.26. The van der Waals surface area contributed by atoms with Crippen LogP contribution in [0.15, 0.2) is 157 Å². The molecule has 140 heavy (non-hydrogen) atoms. The lowest BCUT2D eigenvalue weighted by Gasteiger charge is -2.35. The van der Waals surface area contributed by atoms with Gasteiger partial charge in [-0.15, -0.1) is 35.1 Å². The van der Waals surface area contributed by atoms with Crippen molar-refractivity contribution in [3.8, 4) is 32.4 Å². The molecule has 2 saturated heterocycles. The Morgan fingerprint density at radius 3 is 1.35 bits per heavy atom. The molecule has 7 amide bonds. The molecular weight excluding hydrogens is 1900 g/mol. The molecule has 0 aliphatic carbocycles. The van der Waals surface area contributed by atoms with Crippen LogP contribution in [0.2, 0.25) is 10.0 Å². The van der Waals surface area contributed by atoms with Gasteiger partial charge in [0.2, 0.25) is 41.4 Å². The summed E-state index contributed by atoms with van der Waals surface area (Å²) in [4.78, 5) is 137. The van der Waals surface area contributed by atoms with Crippen LogP contribution in [0.1, 0.15) is 128 Å². The number of hydrogen-bond acceptors (Lipinski definition) is 27. The summed E-state index contributed by atoms with van der Waals surface area (Å²) in [5.41, 5.74) is 17.5. The summed E-state index contributed by atoms with van der Waals surface area (Å²) < 4.78 is 50.9. The standard InChI is InChI=1S/C50H61ClFN9O7S.C28H33ClFN5O5.C22H30N4O3S.ClH/c1-31-45(69-30-56-31)33-15-13-32(14-16-33)27-53-48(65)41-24-35(62)28-61(41)49(66)46(50(2,3)4)59-44(64)11-8-7-9-20-67-21-22-68-42-26-39-36(25-40(42)58-43(63)12-10-19-60(5)6)47(55-29-54-39)57-34-17-18-38(52)37(51)23-34;1-35(2)11-6-7-26(36)34-24-16-20-23(17-25(24)40-14-13-39-12-5-3-4-8-27(37)38)31-18-32-28(20)33-19-9-10-22(30)21(29)15-19;1-13-18(30-12-25-13)15-7-5-14(6-8-15)10-24-20(28)17-9-16(27)11-26(17)21(29)19(23)22(2,3)4;/h10,12-18,23,25-26,29-30,35,41,46,62H,7-9,11,19-22,24,27-28H2,1-6H3,(H,53,65)(H,58,63)(H,59,64)(H,54,55,57);6-7,9-10,15-18H,3-5,8,11-14H2,1-2H3,(H,34,36)(H,37,38)(H,31,32,33);5-8,12,16-17,19,27H,9-11,23H2,1-4H3,(H,24,28);1H/b12-10+;7-6+;;/t35-,41+,46-;;16-,17+,19-;/m1.1./s1. The van der Waals surface area contributed by atoms with Crippen LogP contribution in [-0.4, -0.2) is 243 Å². The molecule has 0 bridgehead atoms. The first-order valence-electron chi connectivity index (χ1n) is 45.7. The van der Waals surface area contributed by atoms with Gasteiger partial charge in [0.1, 0.15) is 78.8 Å². The van der Waals surface area contributed by atoms with Crippen LogP contribution < -0.4 is 52.4 Å². The van der Waals surface area contributed by atoms with E-state index in [0.717, 1.165) is 56.2 Å². The summed E-state index contributed by atoms with van der Waals surface area (Å²) >= 11 is 15.1. The van der Waals surface area contributed by atoms with Crippen LogP contribution in [0.5, 0.6) is 11.5 Å². The molecule has 6 atom stereocenters. The zero-order valence-corrected chi connectivity index (χ0v) is 84.5. The molecule has 0 saturated carbocycles. The quantitative estimate of drug-likeness (QED) is 0.0125. The number of benzene rings is 6. The molecule has 0 radical (unpaired) electrons. The van der Waals surface area contributed by atoms with Gasteiger partial charge in [-0.25, -0.2) is 38.7 Å². The van der Waals surface area contributed by atoms with Crippen LogP contribution in [0, 0.1) is 36.3 Å². The summed E-state index contributed by atoms with van der Waals surface area (Å²) in [6, 6.07) is 27.9. The Hall–Kier alpha value is -11.9.